The second-order valence-electron chi connectivity index (χ2n) is 7.47. The maximum atomic E-state index is 12.0. The van der Waals surface area contributed by atoms with Gasteiger partial charge in [-0.3, -0.25) is 10.3 Å². The average Bonchev–Trinajstić information content (AvgIpc) is 2.59. The van der Waals surface area contributed by atoms with Crippen molar-refractivity contribution in [3.63, 3.8) is 0 Å². The molecule has 1 N–H and O–H groups in total. The molecular formula is C21H23BrN2O3. The quantitative estimate of drug-likeness (QED) is 0.641. The molecular weight excluding hydrogens is 408 g/mol. The number of alkyl halides is 1. The van der Waals surface area contributed by atoms with Gasteiger partial charge in [0.05, 0.1) is 12.3 Å². The Hall–Kier alpha value is -2.18. The number of halogens is 1. The maximum Gasteiger partial charge on any atom is 0.412 e. The Balaban J connectivity index is 1.68. The monoisotopic (exact) mass is 430 g/mol. The molecule has 2 aromatic carbocycles. The molecule has 1 amide bonds. The fourth-order valence-corrected chi connectivity index (χ4v) is 3.21. The van der Waals surface area contributed by atoms with Gasteiger partial charge in [0.15, 0.2) is 4.51 Å². The van der Waals surface area contributed by atoms with Gasteiger partial charge in [0, 0.05) is 18.3 Å². The Morgan fingerprint density at radius 2 is 1.96 bits per heavy atom. The number of ether oxygens (including phenoxy) is 2. The van der Waals surface area contributed by atoms with Crippen LogP contribution in [-0.2, 0) is 22.5 Å². The third kappa shape index (κ3) is 5.65. The van der Waals surface area contributed by atoms with Crippen LogP contribution in [0.1, 0.15) is 31.9 Å². The van der Waals surface area contributed by atoms with Crippen LogP contribution in [-0.4, -0.2) is 22.4 Å². The summed E-state index contributed by atoms with van der Waals surface area (Å²) in [5.41, 5.74) is 3.06. The van der Waals surface area contributed by atoms with Crippen molar-refractivity contribution in [2.45, 2.75) is 43.9 Å². The van der Waals surface area contributed by atoms with Crippen molar-refractivity contribution in [2.24, 2.45) is 4.99 Å². The first-order valence-corrected chi connectivity index (χ1v) is 9.57. The van der Waals surface area contributed by atoms with Crippen molar-refractivity contribution in [3.8, 4) is 0 Å². The number of hydrogen-bond acceptors (Lipinski definition) is 4. The molecule has 1 unspecified atom stereocenters. The minimum atomic E-state index is -0.680. The highest BCUT2D eigenvalue weighted by atomic mass is 79.9. The average molecular weight is 431 g/mol. The molecule has 6 heteroatoms. The van der Waals surface area contributed by atoms with Gasteiger partial charge >= 0.3 is 6.09 Å². The number of nitrogens with one attached hydrogen (secondary N) is 1. The van der Waals surface area contributed by atoms with E-state index in [0.717, 1.165) is 16.8 Å². The van der Waals surface area contributed by atoms with Crippen LogP contribution in [0.3, 0.4) is 0 Å². The molecule has 1 aliphatic heterocycles. The number of nitrogens with zero attached hydrogens (tertiary/aromatic N) is 1. The van der Waals surface area contributed by atoms with Gasteiger partial charge < -0.3 is 9.47 Å². The summed E-state index contributed by atoms with van der Waals surface area (Å²) >= 11 is 3.65. The summed E-state index contributed by atoms with van der Waals surface area (Å²) in [5, 5.41) is 2.76. The molecule has 27 heavy (non-hydrogen) atoms. The predicted molar refractivity (Wildman–Crippen MR) is 111 cm³/mol. The van der Waals surface area contributed by atoms with E-state index in [9.17, 15) is 4.79 Å². The van der Waals surface area contributed by atoms with Gasteiger partial charge in [0.25, 0.3) is 0 Å². The van der Waals surface area contributed by atoms with Gasteiger partial charge in [-0.2, -0.15) is 0 Å². The molecule has 0 saturated carbocycles. The lowest BCUT2D eigenvalue weighted by molar-refractivity contribution is 0.0636. The number of hydrogen-bond donors (Lipinski definition) is 1. The summed E-state index contributed by atoms with van der Waals surface area (Å²) in [4.78, 5) is 16.5. The highest BCUT2D eigenvalue weighted by Crippen LogP contribution is 2.35. The smallest absolute Gasteiger partial charge is 0.412 e. The second-order valence-corrected chi connectivity index (χ2v) is 8.81. The maximum absolute atomic E-state index is 12.0. The van der Waals surface area contributed by atoms with E-state index < -0.39 is 16.2 Å². The summed E-state index contributed by atoms with van der Waals surface area (Å²) in [5.74, 6) is 0. The standard InChI is InChI=1S/C21H23BrN2O3/c1-20(2,3)27-19(25)24-17-9-10-18-16(11-17)12-21(22,14-23-18)26-13-15-7-5-4-6-8-15/h4-11,14H,12-13H2,1-3H3,(H,24,25). The van der Waals surface area contributed by atoms with E-state index >= 15 is 0 Å². The molecule has 3 rings (SSSR count). The number of rotatable bonds is 4. The Morgan fingerprint density at radius 3 is 2.67 bits per heavy atom. The van der Waals surface area contributed by atoms with E-state index in [2.05, 4.69) is 26.2 Å². The number of aliphatic imine (C=N–C) groups is 1. The van der Waals surface area contributed by atoms with Crippen LogP contribution >= 0.6 is 15.9 Å². The molecule has 0 aliphatic carbocycles. The third-order valence-corrected chi connectivity index (χ3v) is 4.59. The van der Waals surface area contributed by atoms with Gasteiger partial charge in [-0.05, 0) is 66.0 Å². The van der Waals surface area contributed by atoms with E-state index in [1.807, 2.05) is 69.3 Å². The van der Waals surface area contributed by atoms with Gasteiger partial charge in [-0.25, -0.2) is 4.79 Å². The van der Waals surface area contributed by atoms with E-state index in [4.69, 9.17) is 9.47 Å². The van der Waals surface area contributed by atoms with Crippen molar-refractivity contribution in [1.82, 2.24) is 0 Å². The SMILES string of the molecule is CC(C)(C)OC(=O)Nc1ccc2c(c1)CC(Br)(OCc1ccccc1)C=N2. The number of benzene rings is 2. The molecule has 0 radical (unpaired) electrons. The van der Waals surface area contributed by atoms with Gasteiger partial charge in [-0.1, -0.05) is 30.3 Å². The van der Waals surface area contributed by atoms with E-state index in [-0.39, 0.29) is 0 Å². The molecule has 5 nitrogen and oxygen atoms in total. The highest BCUT2D eigenvalue weighted by molar-refractivity contribution is 9.10. The predicted octanol–water partition coefficient (Wildman–Crippen LogP) is 5.60. The van der Waals surface area contributed by atoms with Crippen LogP contribution in [0.5, 0.6) is 0 Å². The van der Waals surface area contributed by atoms with Gasteiger partial charge in [0.2, 0.25) is 0 Å². The summed E-state index contributed by atoms with van der Waals surface area (Å²) in [6.07, 6.45) is 1.90. The van der Waals surface area contributed by atoms with Gasteiger partial charge in [-0.15, -0.1) is 0 Å². The minimum absolute atomic E-state index is 0.475. The number of anilines is 1. The first-order valence-electron chi connectivity index (χ1n) is 8.77. The molecule has 1 heterocycles. The van der Waals surface area contributed by atoms with Crippen LogP contribution in [0.25, 0.3) is 0 Å². The molecule has 0 saturated heterocycles. The molecule has 0 aromatic heterocycles. The van der Waals surface area contributed by atoms with E-state index in [0.29, 0.717) is 18.7 Å². The fourth-order valence-electron chi connectivity index (χ4n) is 2.69. The Bertz CT molecular complexity index is 846. The molecule has 2 aromatic rings. The number of carbonyl (C=O) groups is 1. The molecule has 142 valence electrons. The lowest BCUT2D eigenvalue weighted by Crippen LogP contribution is -2.31. The zero-order chi connectivity index (χ0) is 19.5. The Kier molecular flexibility index (Phi) is 5.67. The van der Waals surface area contributed by atoms with E-state index in [1.165, 1.54) is 0 Å². The van der Waals surface area contributed by atoms with Crippen LogP contribution in [0.4, 0.5) is 16.2 Å². The molecule has 1 atom stereocenters. The first kappa shape index (κ1) is 19.6. The largest absolute Gasteiger partial charge is 0.444 e. The van der Waals surface area contributed by atoms with Crippen molar-refractivity contribution in [1.29, 1.82) is 0 Å². The van der Waals surface area contributed by atoms with Crippen molar-refractivity contribution < 1.29 is 14.3 Å². The minimum Gasteiger partial charge on any atom is -0.444 e. The summed E-state index contributed by atoms with van der Waals surface area (Å²) in [6.45, 7) is 5.97. The zero-order valence-electron chi connectivity index (χ0n) is 15.7. The fraction of sp³-hybridized carbons (Fsp3) is 0.333. The molecule has 0 spiro atoms. The van der Waals surface area contributed by atoms with Crippen LogP contribution in [0.15, 0.2) is 53.5 Å². The lowest BCUT2D eigenvalue weighted by Gasteiger charge is -2.28. The Labute approximate surface area is 167 Å². The zero-order valence-corrected chi connectivity index (χ0v) is 17.2. The number of fused-ring (bicyclic) bond motifs is 1. The second kappa shape index (κ2) is 7.82. The summed E-state index contributed by atoms with van der Waals surface area (Å²) < 4.78 is 10.7. The van der Waals surface area contributed by atoms with Crippen LogP contribution in [0, 0.1) is 0 Å². The first-order chi connectivity index (χ1) is 12.7. The molecule has 0 fully saturated rings. The third-order valence-electron chi connectivity index (χ3n) is 3.87. The highest BCUT2D eigenvalue weighted by Gasteiger charge is 2.30. The van der Waals surface area contributed by atoms with Crippen LogP contribution < -0.4 is 5.32 Å². The number of carbonyl (C=O) groups excluding carboxylic acids is 1. The number of amides is 1. The lowest BCUT2D eigenvalue weighted by atomic mass is 10.0. The molecule has 0 bridgehead atoms. The van der Waals surface area contributed by atoms with Crippen molar-refractivity contribution in [3.05, 3.63) is 59.7 Å². The van der Waals surface area contributed by atoms with Gasteiger partial charge in [0.1, 0.15) is 5.60 Å². The molecule has 1 aliphatic rings. The van der Waals surface area contributed by atoms with Crippen LogP contribution in [0.2, 0.25) is 0 Å². The van der Waals surface area contributed by atoms with Crippen molar-refractivity contribution >= 4 is 39.6 Å². The normalized spacial score (nSPS) is 18.7. The summed E-state index contributed by atoms with van der Waals surface area (Å²) in [7, 11) is 0. The topological polar surface area (TPSA) is 59.9 Å². The van der Waals surface area contributed by atoms with Crippen molar-refractivity contribution in [2.75, 3.05) is 5.32 Å². The Morgan fingerprint density at radius 1 is 1.22 bits per heavy atom. The summed E-state index contributed by atoms with van der Waals surface area (Å²) in [6, 6.07) is 15.6. The van der Waals surface area contributed by atoms with E-state index in [1.54, 1.807) is 6.21 Å².